The van der Waals surface area contributed by atoms with Crippen LogP contribution in [-0.2, 0) is 6.61 Å². The number of nitrogens with zero attached hydrogens (tertiary/aromatic N) is 1. The fraction of sp³-hybridized carbons (Fsp3) is 0.111. The summed E-state index contributed by atoms with van der Waals surface area (Å²) in [7, 11) is 0. The summed E-state index contributed by atoms with van der Waals surface area (Å²) in [4.78, 5) is 14.4. The van der Waals surface area contributed by atoms with E-state index in [0.717, 1.165) is 6.07 Å². The van der Waals surface area contributed by atoms with Gasteiger partial charge in [0.05, 0.1) is 12.2 Å². The zero-order chi connectivity index (χ0) is 9.42. The summed E-state index contributed by atoms with van der Waals surface area (Å²) >= 11 is 0. The Hall–Kier alpha value is -1.55. The molecule has 1 heterocycles. The SMILES string of the molecule is O=C1N=Cc2cc(CO)cc(F)c21. The molecular formula is C9H6FNO2. The predicted octanol–water partition coefficient (Wildman–Crippen LogP) is 0.891. The second kappa shape index (κ2) is 2.74. The lowest BCUT2D eigenvalue weighted by Crippen LogP contribution is -1.99. The van der Waals surface area contributed by atoms with E-state index in [1.807, 2.05) is 0 Å². The topological polar surface area (TPSA) is 49.7 Å². The number of carbonyl (C=O) groups is 1. The van der Waals surface area contributed by atoms with Gasteiger partial charge in [-0.05, 0) is 17.7 Å². The standard InChI is InChI=1S/C9H6FNO2/c10-7-2-5(4-12)1-6-3-11-9(13)8(6)7/h1-3,12H,4H2. The van der Waals surface area contributed by atoms with Crippen LogP contribution in [0.2, 0.25) is 0 Å². The summed E-state index contributed by atoms with van der Waals surface area (Å²) in [6.45, 7) is -0.244. The maximum Gasteiger partial charge on any atom is 0.280 e. The number of amides is 1. The van der Waals surface area contributed by atoms with Crippen molar-refractivity contribution >= 4 is 12.1 Å². The number of carbonyl (C=O) groups excluding carboxylic acids is 1. The molecule has 1 N–H and O–H groups in total. The van der Waals surface area contributed by atoms with Crippen molar-refractivity contribution in [2.45, 2.75) is 6.61 Å². The summed E-state index contributed by atoms with van der Waals surface area (Å²) < 4.78 is 13.2. The number of benzene rings is 1. The van der Waals surface area contributed by atoms with Gasteiger partial charge < -0.3 is 5.11 Å². The molecule has 1 aliphatic heterocycles. The van der Waals surface area contributed by atoms with E-state index in [-0.39, 0.29) is 12.2 Å². The van der Waals surface area contributed by atoms with Crippen LogP contribution in [0.15, 0.2) is 17.1 Å². The average molecular weight is 179 g/mol. The van der Waals surface area contributed by atoms with Gasteiger partial charge in [-0.1, -0.05) is 0 Å². The van der Waals surface area contributed by atoms with Crippen LogP contribution in [0, 0.1) is 5.82 Å². The van der Waals surface area contributed by atoms with Crippen LogP contribution in [0.4, 0.5) is 4.39 Å². The van der Waals surface area contributed by atoms with E-state index in [1.54, 1.807) is 6.07 Å². The van der Waals surface area contributed by atoms with Crippen molar-refractivity contribution in [3.63, 3.8) is 0 Å². The van der Waals surface area contributed by atoms with Gasteiger partial charge in [-0.25, -0.2) is 9.38 Å². The molecule has 0 atom stereocenters. The third-order valence-electron chi connectivity index (χ3n) is 1.90. The van der Waals surface area contributed by atoms with E-state index >= 15 is 0 Å². The highest BCUT2D eigenvalue weighted by atomic mass is 19.1. The first-order valence-electron chi connectivity index (χ1n) is 3.74. The molecular weight excluding hydrogens is 173 g/mol. The minimum atomic E-state index is -0.621. The lowest BCUT2D eigenvalue weighted by molar-refractivity contribution is 0.100. The molecule has 13 heavy (non-hydrogen) atoms. The van der Waals surface area contributed by atoms with Crippen molar-refractivity contribution in [2.75, 3.05) is 0 Å². The minimum absolute atomic E-state index is 0.00259. The van der Waals surface area contributed by atoms with Crippen LogP contribution in [0.25, 0.3) is 0 Å². The molecule has 2 rings (SSSR count). The molecule has 1 aromatic rings. The summed E-state index contributed by atoms with van der Waals surface area (Å²) in [6.07, 6.45) is 1.31. The summed E-state index contributed by atoms with van der Waals surface area (Å²) in [6, 6.07) is 2.69. The van der Waals surface area contributed by atoms with Crippen LogP contribution in [0.1, 0.15) is 21.5 Å². The van der Waals surface area contributed by atoms with E-state index in [1.165, 1.54) is 6.21 Å². The first-order valence-corrected chi connectivity index (χ1v) is 3.74. The van der Waals surface area contributed by atoms with Crippen molar-refractivity contribution < 1.29 is 14.3 Å². The molecule has 0 fully saturated rings. The molecule has 0 saturated heterocycles. The number of aliphatic imine (C=N–C) groups is 1. The maximum atomic E-state index is 13.2. The summed E-state index contributed by atoms with van der Waals surface area (Å²) in [5, 5.41) is 8.76. The van der Waals surface area contributed by atoms with E-state index in [2.05, 4.69) is 4.99 Å². The molecule has 1 aromatic carbocycles. The van der Waals surface area contributed by atoms with E-state index in [9.17, 15) is 9.18 Å². The summed E-state index contributed by atoms with van der Waals surface area (Å²) in [5.41, 5.74) is 0.878. The molecule has 1 amide bonds. The van der Waals surface area contributed by atoms with Gasteiger partial charge in [-0.2, -0.15) is 0 Å². The number of fused-ring (bicyclic) bond motifs is 1. The van der Waals surface area contributed by atoms with Gasteiger partial charge in [0.2, 0.25) is 0 Å². The Kier molecular flexibility index (Phi) is 1.70. The number of hydrogen-bond donors (Lipinski definition) is 1. The molecule has 0 spiro atoms. The quantitative estimate of drug-likeness (QED) is 0.696. The zero-order valence-corrected chi connectivity index (χ0v) is 6.62. The molecule has 0 bridgehead atoms. The Balaban J connectivity index is 2.64. The van der Waals surface area contributed by atoms with Gasteiger partial charge in [-0.3, -0.25) is 4.79 Å². The molecule has 0 aliphatic carbocycles. The van der Waals surface area contributed by atoms with Crippen LogP contribution in [0.5, 0.6) is 0 Å². The van der Waals surface area contributed by atoms with Crippen LogP contribution < -0.4 is 0 Å². The Labute approximate surface area is 73.5 Å². The molecule has 0 unspecified atom stereocenters. The Bertz CT molecular complexity index is 412. The third-order valence-corrected chi connectivity index (χ3v) is 1.90. The first-order chi connectivity index (χ1) is 6.22. The average Bonchev–Trinajstić information content (AvgIpc) is 2.48. The molecule has 66 valence electrons. The first kappa shape index (κ1) is 8.07. The summed E-state index contributed by atoms with van der Waals surface area (Å²) in [5.74, 6) is -1.18. The van der Waals surface area contributed by atoms with Gasteiger partial charge in [0.15, 0.2) is 0 Å². The normalized spacial score (nSPS) is 13.5. The van der Waals surface area contributed by atoms with Gasteiger partial charge in [-0.15, -0.1) is 0 Å². The number of aliphatic hydroxyl groups is 1. The molecule has 1 aliphatic rings. The molecule has 3 nitrogen and oxygen atoms in total. The minimum Gasteiger partial charge on any atom is -0.392 e. The third kappa shape index (κ3) is 1.15. The number of aliphatic hydroxyl groups excluding tert-OH is 1. The van der Waals surface area contributed by atoms with Crippen molar-refractivity contribution in [3.8, 4) is 0 Å². The zero-order valence-electron chi connectivity index (χ0n) is 6.62. The van der Waals surface area contributed by atoms with Crippen LogP contribution in [-0.4, -0.2) is 17.2 Å². The lowest BCUT2D eigenvalue weighted by Gasteiger charge is -2.00. The molecule has 0 radical (unpaired) electrons. The second-order valence-corrected chi connectivity index (χ2v) is 2.76. The largest absolute Gasteiger partial charge is 0.392 e. The Morgan fingerprint density at radius 2 is 2.23 bits per heavy atom. The molecule has 4 heteroatoms. The predicted molar refractivity (Wildman–Crippen MR) is 44.2 cm³/mol. The second-order valence-electron chi connectivity index (χ2n) is 2.76. The van der Waals surface area contributed by atoms with E-state index in [0.29, 0.717) is 11.1 Å². The van der Waals surface area contributed by atoms with Crippen molar-refractivity contribution in [1.29, 1.82) is 0 Å². The van der Waals surface area contributed by atoms with Gasteiger partial charge in [0.25, 0.3) is 5.91 Å². The Morgan fingerprint density at radius 1 is 1.46 bits per heavy atom. The van der Waals surface area contributed by atoms with Crippen LogP contribution in [0.3, 0.4) is 0 Å². The maximum absolute atomic E-state index is 13.2. The number of rotatable bonds is 1. The van der Waals surface area contributed by atoms with Crippen LogP contribution >= 0.6 is 0 Å². The number of hydrogen-bond acceptors (Lipinski definition) is 2. The highest BCUT2D eigenvalue weighted by Gasteiger charge is 2.20. The van der Waals surface area contributed by atoms with Crippen molar-refractivity contribution in [1.82, 2.24) is 0 Å². The smallest absolute Gasteiger partial charge is 0.280 e. The molecule has 0 aromatic heterocycles. The number of halogens is 1. The fourth-order valence-electron chi connectivity index (χ4n) is 1.30. The van der Waals surface area contributed by atoms with E-state index < -0.39 is 11.7 Å². The van der Waals surface area contributed by atoms with Gasteiger partial charge in [0.1, 0.15) is 5.82 Å². The van der Waals surface area contributed by atoms with Gasteiger partial charge in [0, 0.05) is 11.8 Å². The van der Waals surface area contributed by atoms with E-state index in [4.69, 9.17) is 5.11 Å². The van der Waals surface area contributed by atoms with Gasteiger partial charge >= 0.3 is 0 Å². The Morgan fingerprint density at radius 3 is 2.92 bits per heavy atom. The lowest BCUT2D eigenvalue weighted by atomic mass is 10.1. The fourth-order valence-corrected chi connectivity index (χ4v) is 1.30. The highest BCUT2D eigenvalue weighted by Crippen LogP contribution is 2.20. The monoisotopic (exact) mass is 179 g/mol. The highest BCUT2D eigenvalue weighted by molar-refractivity contribution is 6.13. The van der Waals surface area contributed by atoms with Crippen molar-refractivity contribution in [3.05, 3.63) is 34.6 Å². The molecule has 0 saturated carbocycles. The van der Waals surface area contributed by atoms with Crippen molar-refractivity contribution in [2.24, 2.45) is 4.99 Å².